The number of carbonyl (C=O) groups is 2. The topological polar surface area (TPSA) is 60.3 Å². The first-order chi connectivity index (χ1) is 11.0. The summed E-state index contributed by atoms with van der Waals surface area (Å²) < 4.78 is 6.66. The van der Waals surface area contributed by atoms with E-state index in [4.69, 9.17) is 16.3 Å². The van der Waals surface area contributed by atoms with Crippen molar-refractivity contribution in [3.63, 3.8) is 0 Å². The zero-order valence-corrected chi connectivity index (χ0v) is 13.5. The highest BCUT2D eigenvalue weighted by molar-refractivity contribution is 6.36. The van der Waals surface area contributed by atoms with Gasteiger partial charge in [0.2, 0.25) is 0 Å². The lowest BCUT2D eigenvalue weighted by atomic mass is 10.1. The predicted molar refractivity (Wildman–Crippen MR) is 89.4 cm³/mol. The van der Waals surface area contributed by atoms with Crippen molar-refractivity contribution in [3.05, 3.63) is 52.3 Å². The minimum atomic E-state index is -0.429. The molecule has 2 heterocycles. The van der Waals surface area contributed by atoms with Crippen LogP contribution in [-0.2, 0) is 9.53 Å². The average Bonchev–Trinajstić information content (AvgIpc) is 3.01. The van der Waals surface area contributed by atoms with E-state index in [2.05, 4.69) is 5.32 Å². The van der Waals surface area contributed by atoms with Crippen molar-refractivity contribution in [1.29, 1.82) is 0 Å². The molecule has 5 nitrogen and oxygen atoms in total. The van der Waals surface area contributed by atoms with Crippen LogP contribution in [0, 0.1) is 6.92 Å². The van der Waals surface area contributed by atoms with E-state index in [1.165, 1.54) is 0 Å². The van der Waals surface area contributed by atoms with Gasteiger partial charge >= 0.3 is 5.97 Å². The summed E-state index contributed by atoms with van der Waals surface area (Å²) in [7, 11) is 0. The smallest absolute Gasteiger partial charge is 0.355 e. The molecule has 1 aliphatic heterocycles. The van der Waals surface area contributed by atoms with Gasteiger partial charge in [-0.3, -0.25) is 4.79 Å². The molecular weight excluding hydrogens is 316 g/mol. The van der Waals surface area contributed by atoms with E-state index in [1.807, 2.05) is 6.92 Å². The van der Waals surface area contributed by atoms with Crippen molar-refractivity contribution in [2.75, 3.05) is 11.9 Å². The van der Waals surface area contributed by atoms with Crippen LogP contribution in [-0.4, -0.2) is 23.1 Å². The van der Waals surface area contributed by atoms with Crippen LogP contribution in [0.3, 0.4) is 0 Å². The maximum Gasteiger partial charge on any atom is 0.355 e. The molecule has 1 aliphatic rings. The van der Waals surface area contributed by atoms with Gasteiger partial charge in [0.15, 0.2) is 0 Å². The minimum absolute atomic E-state index is 0.233. The first kappa shape index (κ1) is 15.4. The lowest BCUT2D eigenvalue weighted by molar-refractivity contribution is -0.110. The zero-order chi connectivity index (χ0) is 16.6. The molecule has 1 amide bonds. The van der Waals surface area contributed by atoms with E-state index in [-0.39, 0.29) is 5.91 Å². The Morgan fingerprint density at radius 2 is 2.17 bits per heavy atom. The molecule has 0 spiro atoms. The molecule has 0 saturated carbocycles. The Kier molecular flexibility index (Phi) is 3.96. The maximum absolute atomic E-state index is 12.2. The van der Waals surface area contributed by atoms with Crippen LogP contribution < -0.4 is 5.32 Å². The summed E-state index contributed by atoms with van der Waals surface area (Å²) >= 11 is 6.02. The third-order valence-corrected chi connectivity index (χ3v) is 3.74. The molecule has 0 bridgehead atoms. The lowest BCUT2D eigenvalue weighted by Gasteiger charge is -2.05. The number of carbonyl (C=O) groups excluding carboxylic acids is 2. The largest absolute Gasteiger partial charge is 0.461 e. The van der Waals surface area contributed by atoms with Crippen LogP contribution in [0.4, 0.5) is 5.69 Å². The van der Waals surface area contributed by atoms with Gasteiger partial charge in [0.1, 0.15) is 5.69 Å². The maximum atomic E-state index is 12.2. The number of ether oxygens (including phenoxy) is 1. The highest BCUT2D eigenvalue weighted by Crippen LogP contribution is 2.34. The van der Waals surface area contributed by atoms with Crippen LogP contribution >= 0.6 is 11.6 Å². The number of rotatable bonds is 3. The molecule has 6 heteroatoms. The van der Waals surface area contributed by atoms with E-state index in [0.29, 0.717) is 34.1 Å². The summed E-state index contributed by atoms with van der Waals surface area (Å²) in [6, 6.07) is 6.92. The van der Waals surface area contributed by atoms with Crippen LogP contribution in [0.15, 0.2) is 30.5 Å². The van der Waals surface area contributed by atoms with Crippen molar-refractivity contribution in [2.45, 2.75) is 13.8 Å². The fourth-order valence-electron chi connectivity index (χ4n) is 2.52. The van der Waals surface area contributed by atoms with E-state index in [0.717, 1.165) is 5.56 Å². The normalized spacial score (nSPS) is 14.7. The number of nitrogens with zero attached hydrogens (tertiary/aromatic N) is 1. The predicted octanol–water partition coefficient (Wildman–Crippen LogP) is 3.58. The van der Waals surface area contributed by atoms with Gasteiger partial charge in [-0.1, -0.05) is 11.6 Å². The Hall–Kier alpha value is -2.53. The Morgan fingerprint density at radius 3 is 2.91 bits per heavy atom. The van der Waals surface area contributed by atoms with Crippen molar-refractivity contribution in [3.8, 4) is 0 Å². The van der Waals surface area contributed by atoms with Gasteiger partial charge in [0, 0.05) is 28.7 Å². The summed E-state index contributed by atoms with van der Waals surface area (Å²) in [5.41, 5.74) is 3.13. The minimum Gasteiger partial charge on any atom is -0.461 e. The molecule has 0 saturated heterocycles. The van der Waals surface area contributed by atoms with Gasteiger partial charge in [0.25, 0.3) is 5.91 Å². The second kappa shape index (κ2) is 5.93. The number of amides is 1. The van der Waals surface area contributed by atoms with E-state index in [1.54, 1.807) is 48.2 Å². The molecule has 3 rings (SSSR count). The molecule has 1 N–H and O–H groups in total. The van der Waals surface area contributed by atoms with Crippen molar-refractivity contribution in [2.24, 2.45) is 0 Å². The number of aryl methyl sites for hydroxylation is 1. The first-order valence-electron chi connectivity index (χ1n) is 7.18. The third-order valence-electron chi connectivity index (χ3n) is 3.50. The number of benzene rings is 1. The molecular formula is C17H15ClN2O3. The number of halogens is 1. The summed E-state index contributed by atoms with van der Waals surface area (Å²) in [6.07, 6.45) is 3.39. The third kappa shape index (κ3) is 2.87. The average molecular weight is 331 g/mol. The highest BCUT2D eigenvalue weighted by Gasteiger charge is 2.25. The van der Waals surface area contributed by atoms with Gasteiger partial charge in [-0.05, 0) is 43.7 Å². The van der Waals surface area contributed by atoms with Gasteiger partial charge in [-0.25, -0.2) is 4.79 Å². The van der Waals surface area contributed by atoms with Gasteiger partial charge in [0.05, 0.1) is 12.2 Å². The summed E-state index contributed by atoms with van der Waals surface area (Å²) in [5, 5.41) is 3.32. The van der Waals surface area contributed by atoms with E-state index >= 15 is 0 Å². The number of esters is 1. The van der Waals surface area contributed by atoms with Crippen LogP contribution in [0.2, 0.25) is 5.02 Å². The zero-order valence-electron chi connectivity index (χ0n) is 12.7. The molecule has 2 aromatic rings. The Labute approximate surface area is 138 Å². The standard InChI is InChI=1S/C17H15ClN2O3/c1-3-23-17(22)15-6-10(2)8-20(15)9-13-12-7-11(18)4-5-14(12)19-16(13)21/h4-9H,3H2,1-2H3,(H,19,21)/b13-9-. The highest BCUT2D eigenvalue weighted by atomic mass is 35.5. The molecule has 23 heavy (non-hydrogen) atoms. The SMILES string of the molecule is CCOC(=O)c1cc(C)cn1/C=C1\C(=O)Nc2ccc(Cl)cc21. The fourth-order valence-corrected chi connectivity index (χ4v) is 2.69. The fraction of sp³-hybridized carbons (Fsp3) is 0.176. The van der Waals surface area contributed by atoms with Crippen molar-refractivity contribution in [1.82, 2.24) is 4.57 Å². The lowest BCUT2D eigenvalue weighted by Crippen LogP contribution is -2.10. The second-order valence-corrected chi connectivity index (χ2v) is 5.65. The van der Waals surface area contributed by atoms with Gasteiger partial charge in [-0.2, -0.15) is 0 Å². The second-order valence-electron chi connectivity index (χ2n) is 5.22. The number of anilines is 1. The first-order valence-corrected chi connectivity index (χ1v) is 7.56. The van der Waals surface area contributed by atoms with Crippen LogP contribution in [0.25, 0.3) is 11.8 Å². The Morgan fingerprint density at radius 1 is 1.39 bits per heavy atom. The molecule has 0 atom stereocenters. The van der Waals surface area contributed by atoms with E-state index < -0.39 is 5.97 Å². The summed E-state index contributed by atoms with van der Waals surface area (Å²) in [4.78, 5) is 24.2. The number of hydrogen-bond donors (Lipinski definition) is 1. The molecule has 118 valence electrons. The Balaban J connectivity index is 2.08. The molecule has 0 fully saturated rings. The van der Waals surface area contributed by atoms with Crippen molar-refractivity contribution >= 4 is 40.9 Å². The number of fused-ring (bicyclic) bond motifs is 1. The quantitative estimate of drug-likeness (QED) is 0.691. The molecule has 1 aromatic heterocycles. The number of aromatic nitrogens is 1. The van der Waals surface area contributed by atoms with Crippen LogP contribution in [0.5, 0.6) is 0 Å². The molecule has 0 aliphatic carbocycles. The van der Waals surface area contributed by atoms with Gasteiger partial charge < -0.3 is 14.6 Å². The van der Waals surface area contributed by atoms with Crippen molar-refractivity contribution < 1.29 is 14.3 Å². The van der Waals surface area contributed by atoms with E-state index in [9.17, 15) is 9.59 Å². The number of hydrogen-bond acceptors (Lipinski definition) is 3. The monoisotopic (exact) mass is 330 g/mol. The van der Waals surface area contributed by atoms with Gasteiger partial charge in [-0.15, -0.1) is 0 Å². The molecule has 0 radical (unpaired) electrons. The summed E-state index contributed by atoms with van der Waals surface area (Å²) in [6.45, 7) is 3.91. The summed E-state index contributed by atoms with van der Waals surface area (Å²) in [5.74, 6) is -0.661. The Bertz CT molecular complexity index is 836. The molecule has 0 unspecified atom stereocenters. The number of nitrogens with one attached hydrogen (secondary N) is 1. The van der Waals surface area contributed by atoms with Crippen LogP contribution in [0.1, 0.15) is 28.5 Å². The molecule has 1 aromatic carbocycles.